The molecule has 10 nitrogen and oxygen atoms in total. The average molecular weight is 583 g/mol. The Hall–Kier alpha value is -4.42. The number of benzene rings is 2. The molecule has 2 aromatic carbocycles. The molecule has 0 saturated carbocycles. The molecular weight excluding hydrogens is 548 g/mol. The summed E-state index contributed by atoms with van der Waals surface area (Å²) in [5, 5.41) is 30.0. The Morgan fingerprint density at radius 2 is 1.64 bits per heavy atom. The predicted octanol–water partition coefficient (Wildman–Crippen LogP) is 6.83. The second kappa shape index (κ2) is 15.0. The maximum atomic E-state index is 9.89. The highest BCUT2D eigenvalue weighted by Gasteiger charge is 2.20. The van der Waals surface area contributed by atoms with E-state index >= 15 is 0 Å². The second-order valence-electron chi connectivity index (χ2n) is 9.66. The summed E-state index contributed by atoms with van der Waals surface area (Å²) in [6.07, 6.45) is 1.05. The molecular formula is C31H34N8O2S. The number of nitriles is 2. The smallest absolute Gasteiger partial charge is 0.252 e. The van der Waals surface area contributed by atoms with Crippen molar-refractivity contribution in [3.8, 4) is 23.4 Å². The summed E-state index contributed by atoms with van der Waals surface area (Å²) in [6, 6.07) is 22.2. The fraction of sp³-hybridized carbons (Fsp3) is 0.355. The minimum atomic E-state index is 0.0151. The van der Waals surface area contributed by atoms with Crippen molar-refractivity contribution in [3.05, 3.63) is 77.1 Å². The van der Waals surface area contributed by atoms with E-state index in [4.69, 9.17) is 14.5 Å². The van der Waals surface area contributed by atoms with Gasteiger partial charge in [0.1, 0.15) is 17.8 Å². The van der Waals surface area contributed by atoms with Crippen molar-refractivity contribution in [3.63, 3.8) is 0 Å². The van der Waals surface area contributed by atoms with E-state index in [1.54, 1.807) is 18.8 Å². The second-order valence-corrected chi connectivity index (χ2v) is 10.6. The third-order valence-electron chi connectivity index (χ3n) is 6.94. The number of ether oxygens (including phenoxy) is 2. The van der Waals surface area contributed by atoms with E-state index < -0.39 is 0 Å². The Kier molecular flexibility index (Phi) is 10.9. The molecule has 42 heavy (non-hydrogen) atoms. The number of hydrogen-bond donors (Lipinski definition) is 0. The van der Waals surface area contributed by atoms with E-state index in [0.717, 1.165) is 22.7 Å². The number of anilines is 1. The number of hydrogen-bond acceptors (Lipinski definition) is 10. The van der Waals surface area contributed by atoms with Crippen molar-refractivity contribution in [2.45, 2.75) is 32.7 Å². The van der Waals surface area contributed by atoms with Crippen molar-refractivity contribution in [1.82, 2.24) is 14.5 Å². The molecule has 0 bridgehead atoms. The lowest BCUT2D eigenvalue weighted by Crippen LogP contribution is -2.30. The first-order chi connectivity index (χ1) is 20.5. The highest BCUT2D eigenvalue weighted by Crippen LogP contribution is 2.40. The Morgan fingerprint density at radius 3 is 2.24 bits per heavy atom. The van der Waals surface area contributed by atoms with Crippen molar-refractivity contribution >= 4 is 27.4 Å². The quantitative estimate of drug-likeness (QED) is 0.149. The molecule has 216 valence electrons. The molecule has 4 aromatic rings. The fourth-order valence-electron chi connectivity index (χ4n) is 4.31. The van der Waals surface area contributed by atoms with Crippen molar-refractivity contribution in [1.29, 1.82) is 10.5 Å². The van der Waals surface area contributed by atoms with Crippen LogP contribution in [-0.4, -0.2) is 55.1 Å². The van der Waals surface area contributed by atoms with Crippen LogP contribution in [0.15, 0.2) is 64.8 Å². The Labute approximate surface area is 250 Å². The number of thiazole rings is 1. The van der Waals surface area contributed by atoms with Gasteiger partial charge in [0.25, 0.3) is 5.95 Å². The highest BCUT2D eigenvalue weighted by atomic mass is 32.1. The lowest BCUT2D eigenvalue weighted by Gasteiger charge is -2.20. The molecule has 0 spiro atoms. The molecule has 0 saturated heterocycles. The molecule has 0 amide bonds. The summed E-state index contributed by atoms with van der Waals surface area (Å²) in [6.45, 7) is 7.02. The van der Waals surface area contributed by atoms with Gasteiger partial charge in [-0.15, -0.1) is 10.2 Å². The van der Waals surface area contributed by atoms with E-state index in [2.05, 4.69) is 52.2 Å². The van der Waals surface area contributed by atoms with Crippen LogP contribution >= 0.6 is 11.3 Å². The van der Waals surface area contributed by atoms with Gasteiger partial charge in [-0.05, 0) is 23.5 Å². The number of nitrogens with zero attached hydrogens (tertiary/aromatic N) is 8. The first kappa shape index (κ1) is 30.5. The molecule has 2 heterocycles. The van der Waals surface area contributed by atoms with Crippen LogP contribution in [-0.2, 0) is 16.0 Å². The van der Waals surface area contributed by atoms with Gasteiger partial charge in [0, 0.05) is 32.9 Å². The summed E-state index contributed by atoms with van der Waals surface area (Å²) in [7, 11) is 3.33. The van der Waals surface area contributed by atoms with E-state index in [-0.39, 0.29) is 17.3 Å². The van der Waals surface area contributed by atoms with Gasteiger partial charge in [-0.3, -0.25) is 4.57 Å². The van der Waals surface area contributed by atoms with Crippen LogP contribution in [0, 0.1) is 22.7 Å². The van der Waals surface area contributed by atoms with Crippen LogP contribution in [0.25, 0.3) is 11.3 Å². The van der Waals surface area contributed by atoms with Crippen LogP contribution in [0.5, 0.6) is 0 Å². The molecule has 1 atom stereocenters. The summed E-state index contributed by atoms with van der Waals surface area (Å²) in [5.74, 6) is 0.637. The normalized spacial score (nSPS) is 11.9. The van der Waals surface area contributed by atoms with Crippen molar-refractivity contribution in [2.75, 3.05) is 45.4 Å². The van der Waals surface area contributed by atoms with Crippen molar-refractivity contribution < 1.29 is 9.47 Å². The Bertz CT molecular complexity index is 1560. The van der Waals surface area contributed by atoms with Gasteiger partial charge in [0.2, 0.25) is 0 Å². The fourth-order valence-corrected chi connectivity index (χ4v) is 5.28. The van der Waals surface area contributed by atoms with Gasteiger partial charge in [-0.2, -0.15) is 15.5 Å². The molecule has 4 rings (SSSR count). The van der Waals surface area contributed by atoms with Gasteiger partial charge in [0.05, 0.1) is 19.8 Å². The van der Waals surface area contributed by atoms with Gasteiger partial charge in [-0.25, -0.2) is 4.98 Å². The Morgan fingerprint density at radius 1 is 0.952 bits per heavy atom. The Balaban J connectivity index is 1.73. The predicted molar refractivity (Wildman–Crippen MR) is 164 cm³/mol. The molecule has 0 aliphatic heterocycles. The summed E-state index contributed by atoms with van der Waals surface area (Å²) in [4.78, 5) is 11.4. The monoisotopic (exact) mass is 582 g/mol. The van der Waals surface area contributed by atoms with Crippen molar-refractivity contribution in [2.24, 2.45) is 10.2 Å². The zero-order chi connectivity index (χ0) is 29.9. The molecule has 0 aliphatic rings. The zero-order valence-electron chi connectivity index (χ0n) is 24.3. The number of rotatable bonds is 14. The van der Waals surface area contributed by atoms with Crippen LogP contribution in [0.2, 0.25) is 0 Å². The number of azo groups is 1. The van der Waals surface area contributed by atoms with E-state index in [1.165, 1.54) is 16.9 Å². The molecule has 0 aliphatic carbocycles. The largest absolute Gasteiger partial charge is 0.383 e. The number of aromatic nitrogens is 3. The molecule has 1 unspecified atom stereocenters. The highest BCUT2D eigenvalue weighted by molar-refractivity contribution is 7.19. The molecule has 0 fully saturated rings. The molecule has 0 radical (unpaired) electrons. The minimum Gasteiger partial charge on any atom is -0.383 e. The molecule has 0 N–H and O–H groups in total. The van der Waals surface area contributed by atoms with Gasteiger partial charge in [0.15, 0.2) is 21.5 Å². The maximum absolute atomic E-state index is 9.89. The van der Waals surface area contributed by atoms with Crippen LogP contribution in [0.4, 0.5) is 16.1 Å². The standard InChI is InChI=1S/C31H34N8O2S/c1-5-22(2)24-13-11-23(12-14-24)21-39-27(20-33)26(19-32)34-30(39)37-36-29-28(25-9-7-6-8-10-25)35-31(42-29)38(15-17-40-3)16-18-41-4/h6-14,22H,5,15-18,21H2,1-4H3/b37-36+. The van der Waals surface area contributed by atoms with Gasteiger partial charge >= 0.3 is 0 Å². The van der Waals surface area contributed by atoms with Gasteiger partial charge < -0.3 is 14.4 Å². The minimum absolute atomic E-state index is 0.0151. The third-order valence-corrected chi connectivity index (χ3v) is 7.94. The lowest BCUT2D eigenvalue weighted by atomic mass is 9.98. The first-order valence-electron chi connectivity index (χ1n) is 13.7. The summed E-state index contributed by atoms with van der Waals surface area (Å²) in [5.41, 5.74) is 3.96. The number of imidazole rings is 1. The lowest BCUT2D eigenvalue weighted by molar-refractivity contribution is 0.190. The maximum Gasteiger partial charge on any atom is 0.252 e. The van der Waals surface area contributed by atoms with Crippen LogP contribution < -0.4 is 4.90 Å². The van der Waals surface area contributed by atoms with E-state index in [1.807, 2.05) is 48.5 Å². The molecule has 2 aromatic heterocycles. The summed E-state index contributed by atoms with van der Waals surface area (Å²) >= 11 is 1.40. The van der Waals surface area contributed by atoms with E-state index in [0.29, 0.717) is 49.5 Å². The third kappa shape index (κ3) is 7.25. The van der Waals surface area contributed by atoms with Crippen LogP contribution in [0.3, 0.4) is 0 Å². The van der Waals surface area contributed by atoms with E-state index in [9.17, 15) is 10.5 Å². The van der Waals surface area contributed by atoms with Gasteiger partial charge in [-0.1, -0.05) is 79.8 Å². The van der Waals surface area contributed by atoms with Crippen LogP contribution in [0.1, 0.15) is 48.7 Å². The SMILES string of the molecule is CCC(C)c1ccc(Cn2c(/N=N/c3sc(N(CCOC)CCOC)nc3-c3ccccc3)nc(C#N)c2C#N)cc1. The first-order valence-corrected chi connectivity index (χ1v) is 14.5. The average Bonchev–Trinajstić information content (AvgIpc) is 3.61. The summed E-state index contributed by atoms with van der Waals surface area (Å²) < 4.78 is 12.3. The molecule has 11 heteroatoms. The number of methoxy groups -OCH3 is 2. The zero-order valence-corrected chi connectivity index (χ0v) is 25.1. The topological polar surface area (TPSA) is 125 Å².